The number of hydrogen-bond acceptors (Lipinski definition) is 5. The van der Waals surface area contributed by atoms with E-state index in [0.29, 0.717) is 41.1 Å². The van der Waals surface area contributed by atoms with Crippen LogP contribution in [0, 0.1) is 0 Å². The number of amides is 2. The van der Waals surface area contributed by atoms with E-state index >= 15 is 0 Å². The van der Waals surface area contributed by atoms with Gasteiger partial charge in [0.05, 0.1) is 12.6 Å². The zero-order valence-electron chi connectivity index (χ0n) is 19.3. The van der Waals surface area contributed by atoms with Crippen molar-refractivity contribution in [3.05, 3.63) is 86.0 Å². The van der Waals surface area contributed by atoms with Crippen LogP contribution >= 0.6 is 34.5 Å². The summed E-state index contributed by atoms with van der Waals surface area (Å²) in [7, 11) is 1.57. The Labute approximate surface area is 219 Å². The SMILES string of the molecule is COCCN(CC(=O)N1CCc2sccc2[C@@H]1COc1ccc(Cl)cc1)C(=O)c1cccc(Cl)c1. The molecule has 0 spiro atoms. The third-order valence-electron chi connectivity index (χ3n) is 5.89. The fourth-order valence-corrected chi connectivity index (χ4v) is 5.34. The van der Waals surface area contributed by atoms with Gasteiger partial charge in [-0.05, 0) is 65.9 Å². The Bertz CT molecular complexity index is 1170. The fraction of sp³-hybridized carbons (Fsp3) is 0.308. The lowest BCUT2D eigenvalue weighted by Crippen LogP contribution is -2.48. The molecule has 2 heterocycles. The molecule has 0 unspecified atom stereocenters. The summed E-state index contributed by atoms with van der Waals surface area (Å²) in [6.07, 6.45) is 0.774. The highest BCUT2D eigenvalue weighted by Gasteiger charge is 2.33. The minimum atomic E-state index is -0.264. The number of fused-ring (bicyclic) bond motifs is 1. The Morgan fingerprint density at radius 3 is 2.66 bits per heavy atom. The molecule has 184 valence electrons. The molecular weight excluding hydrogens is 507 g/mol. The maximum Gasteiger partial charge on any atom is 0.254 e. The Morgan fingerprint density at radius 1 is 1.11 bits per heavy atom. The smallest absolute Gasteiger partial charge is 0.254 e. The lowest BCUT2D eigenvalue weighted by Gasteiger charge is -2.37. The van der Waals surface area contributed by atoms with E-state index in [1.165, 1.54) is 9.78 Å². The average molecular weight is 533 g/mol. The van der Waals surface area contributed by atoms with Gasteiger partial charge in [0.25, 0.3) is 5.91 Å². The maximum absolute atomic E-state index is 13.6. The van der Waals surface area contributed by atoms with Gasteiger partial charge in [0.15, 0.2) is 0 Å². The average Bonchev–Trinajstić information content (AvgIpc) is 3.34. The van der Waals surface area contributed by atoms with Crippen molar-refractivity contribution in [2.24, 2.45) is 0 Å². The van der Waals surface area contributed by atoms with Crippen LogP contribution in [0.3, 0.4) is 0 Å². The molecule has 0 saturated heterocycles. The predicted molar refractivity (Wildman–Crippen MR) is 139 cm³/mol. The molecule has 1 aromatic heterocycles. The molecule has 35 heavy (non-hydrogen) atoms. The number of carbonyl (C=O) groups excluding carboxylic acids is 2. The molecule has 9 heteroatoms. The Hall–Kier alpha value is -2.58. The number of thiophene rings is 1. The van der Waals surface area contributed by atoms with Crippen molar-refractivity contribution in [1.82, 2.24) is 9.80 Å². The molecule has 3 aromatic rings. The molecule has 0 N–H and O–H groups in total. The van der Waals surface area contributed by atoms with Crippen LogP contribution in [0.5, 0.6) is 5.75 Å². The summed E-state index contributed by atoms with van der Waals surface area (Å²) in [5.41, 5.74) is 1.52. The number of hydrogen-bond donors (Lipinski definition) is 0. The Balaban J connectivity index is 1.52. The molecule has 1 aliphatic heterocycles. The third-order valence-corrected chi connectivity index (χ3v) is 7.37. The first kappa shape index (κ1) is 25.5. The van der Waals surface area contributed by atoms with Gasteiger partial charge in [-0.15, -0.1) is 11.3 Å². The third kappa shape index (κ3) is 6.35. The molecule has 0 radical (unpaired) electrons. The number of nitrogens with zero attached hydrogens (tertiary/aromatic N) is 2. The molecule has 1 atom stereocenters. The molecule has 0 aliphatic carbocycles. The molecule has 0 saturated carbocycles. The van der Waals surface area contributed by atoms with Crippen LogP contribution in [0.2, 0.25) is 10.0 Å². The highest BCUT2D eigenvalue weighted by Crippen LogP contribution is 2.34. The zero-order chi connectivity index (χ0) is 24.8. The summed E-state index contributed by atoms with van der Waals surface area (Å²) >= 11 is 13.8. The number of carbonyl (C=O) groups is 2. The fourth-order valence-electron chi connectivity index (χ4n) is 4.09. The van der Waals surface area contributed by atoms with E-state index in [2.05, 4.69) is 6.07 Å². The first-order valence-corrected chi connectivity index (χ1v) is 12.9. The highest BCUT2D eigenvalue weighted by molar-refractivity contribution is 7.10. The van der Waals surface area contributed by atoms with Crippen molar-refractivity contribution in [2.75, 3.05) is 40.0 Å². The van der Waals surface area contributed by atoms with Crippen molar-refractivity contribution < 1.29 is 19.1 Å². The van der Waals surface area contributed by atoms with Crippen LogP contribution in [0.1, 0.15) is 26.8 Å². The van der Waals surface area contributed by atoms with Gasteiger partial charge in [-0.3, -0.25) is 9.59 Å². The van der Waals surface area contributed by atoms with Gasteiger partial charge >= 0.3 is 0 Å². The van der Waals surface area contributed by atoms with Gasteiger partial charge < -0.3 is 19.3 Å². The quantitative estimate of drug-likeness (QED) is 0.372. The second-order valence-corrected chi connectivity index (χ2v) is 10.0. The van der Waals surface area contributed by atoms with Crippen LogP contribution in [-0.2, 0) is 16.0 Å². The van der Waals surface area contributed by atoms with Crippen molar-refractivity contribution in [3.8, 4) is 5.75 Å². The summed E-state index contributed by atoms with van der Waals surface area (Å²) in [6.45, 7) is 1.40. The maximum atomic E-state index is 13.6. The van der Waals surface area contributed by atoms with Gasteiger partial charge in [0.1, 0.15) is 18.9 Å². The molecule has 4 rings (SSSR count). The van der Waals surface area contributed by atoms with E-state index in [4.69, 9.17) is 32.7 Å². The Kier molecular flexibility index (Phi) is 8.68. The van der Waals surface area contributed by atoms with Gasteiger partial charge in [0, 0.05) is 40.7 Å². The monoisotopic (exact) mass is 532 g/mol. The topological polar surface area (TPSA) is 59.1 Å². The second-order valence-electron chi connectivity index (χ2n) is 8.15. The number of rotatable bonds is 9. The highest BCUT2D eigenvalue weighted by atomic mass is 35.5. The first-order valence-electron chi connectivity index (χ1n) is 11.2. The number of methoxy groups -OCH3 is 1. The largest absolute Gasteiger partial charge is 0.491 e. The molecule has 0 fully saturated rings. The van der Waals surface area contributed by atoms with E-state index in [0.717, 1.165) is 12.0 Å². The van der Waals surface area contributed by atoms with E-state index in [1.807, 2.05) is 22.4 Å². The number of halogens is 2. The standard InChI is InChI=1S/C26H26Cl2N2O4S/c1-33-13-12-29(26(32)18-3-2-4-20(28)15-18)16-25(31)30-11-9-24-22(10-14-35-24)23(30)17-34-21-7-5-19(27)6-8-21/h2-8,10,14-15,23H,9,11-13,16-17H2,1H3/t23-/m0/s1. The van der Waals surface area contributed by atoms with Gasteiger partial charge in [-0.2, -0.15) is 0 Å². The lowest BCUT2D eigenvalue weighted by molar-refractivity contribution is -0.135. The number of benzene rings is 2. The minimum absolute atomic E-state index is 0.0639. The second kappa shape index (κ2) is 11.9. The van der Waals surface area contributed by atoms with Crippen LogP contribution in [0.15, 0.2) is 60.0 Å². The van der Waals surface area contributed by atoms with E-state index in [-0.39, 0.29) is 30.9 Å². The van der Waals surface area contributed by atoms with Crippen LogP contribution in [0.25, 0.3) is 0 Å². The summed E-state index contributed by atoms with van der Waals surface area (Å²) in [5.74, 6) is 0.278. The summed E-state index contributed by atoms with van der Waals surface area (Å²) < 4.78 is 11.2. The van der Waals surface area contributed by atoms with Gasteiger partial charge in [-0.1, -0.05) is 29.3 Å². The van der Waals surface area contributed by atoms with Crippen molar-refractivity contribution >= 4 is 46.4 Å². The zero-order valence-corrected chi connectivity index (χ0v) is 21.6. The summed E-state index contributed by atoms with van der Waals surface area (Å²) in [5, 5.41) is 3.14. The molecule has 2 aromatic carbocycles. The minimum Gasteiger partial charge on any atom is -0.491 e. The lowest BCUT2D eigenvalue weighted by atomic mass is 10.0. The molecule has 0 bridgehead atoms. The van der Waals surface area contributed by atoms with Crippen LogP contribution in [0.4, 0.5) is 0 Å². The number of ether oxygens (including phenoxy) is 2. The summed E-state index contributed by atoms with van der Waals surface area (Å²) in [4.78, 5) is 31.4. The van der Waals surface area contributed by atoms with Crippen LogP contribution < -0.4 is 4.74 Å². The molecule has 2 amide bonds. The predicted octanol–water partition coefficient (Wildman–Crippen LogP) is 5.35. The Morgan fingerprint density at radius 2 is 1.91 bits per heavy atom. The molecular formula is C26H26Cl2N2O4S. The molecule has 6 nitrogen and oxygen atoms in total. The normalized spacial score (nSPS) is 14.9. The van der Waals surface area contributed by atoms with E-state index in [9.17, 15) is 9.59 Å². The van der Waals surface area contributed by atoms with E-state index < -0.39 is 0 Å². The van der Waals surface area contributed by atoms with Gasteiger partial charge in [-0.25, -0.2) is 0 Å². The van der Waals surface area contributed by atoms with Crippen molar-refractivity contribution in [1.29, 1.82) is 0 Å². The first-order chi connectivity index (χ1) is 17.0. The van der Waals surface area contributed by atoms with Crippen LogP contribution in [-0.4, -0.2) is 61.6 Å². The summed E-state index contributed by atoms with van der Waals surface area (Å²) in [6, 6.07) is 15.7. The molecule has 1 aliphatic rings. The van der Waals surface area contributed by atoms with Crippen molar-refractivity contribution in [2.45, 2.75) is 12.5 Å². The van der Waals surface area contributed by atoms with Crippen molar-refractivity contribution in [3.63, 3.8) is 0 Å². The van der Waals surface area contributed by atoms with E-state index in [1.54, 1.807) is 54.8 Å². The van der Waals surface area contributed by atoms with Gasteiger partial charge in [0.2, 0.25) is 5.91 Å².